The molecule has 2 rings (SSSR count). The average molecular weight is 368 g/mol. The van der Waals surface area contributed by atoms with Crippen molar-refractivity contribution in [1.82, 2.24) is 0 Å². The number of ketones is 1. The second-order valence-corrected chi connectivity index (χ2v) is 7.74. The van der Waals surface area contributed by atoms with Crippen molar-refractivity contribution in [3.05, 3.63) is 35.1 Å². The molecule has 4 heteroatoms. The van der Waals surface area contributed by atoms with Crippen molar-refractivity contribution in [3.63, 3.8) is 0 Å². The van der Waals surface area contributed by atoms with E-state index in [9.17, 15) is 9.59 Å². The number of Topliss-reactive ketones (excluding diaryl/α,β-unsaturated/α-hetero) is 1. The first kappa shape index (κ1) is 20.8. The zero-order chi connectivity index (χ0) is 20.2. The van der Waals surface area contributed by atoms with Gasteiger partial charge in [-0.2, -0.15) is 0 Å². The Kier molecular flexibility index (Phi) is 6.49. The van der Waals surface area contributed by atoms with Crippen molar-refractivity contribution in [2.75, 3.05) is 7.11 Å². The van der Waals surface area contributed by atoms with Crippen LogP contribution in [0.1, 0.15) is 65.0 Å². The molecule has 0 aromatic heterocycles. The average Bonchev–Trinajstić information content (AvgIpc) is 2.62. The highest BCUT2D eigenvalue weighted by Crippen LogP contribution is 2.40. The number of methoxy groups -OCH3 is 1. The first-order valence-electron chi connectivity index (χ1n) is 9.33. The van der Waals surface area contributed by atoms with Crippen LogP contribution in [0.4, 0.5) is 0 Å². The molecule has 1 atom stereocenters. The van der Waals surface area contributed by atoms with Crippen LogP contribution in [0.2, 0.25) is 0 Å². The second kappa shape index (κ2) is 8.43. The lowest BCUT2D eigenvalue weighted by molar-refractivity contribution is -0.149. The third-order valence-corrected chi connectivity index (χ3v) is 4.66. The van der Waals surface area contributed by atoms with Crippen molar-refractivity contribution in [3.8, 4) is 17.6 Å². The van der Waals surface area contributed by atoms with Gasteiger partial charge in [-0.25, -0.2) is 0 Å². The number of carbonyl (C=O) groups excluding carboxylic acids is 2. The molecule has 0 aliphatic heterocycles. The molecule has 0 saturated heterocycles. The summed E-state index contributed by atoms with van der Waals surface area (Å²) < 4.78 is 11.3. The van der Waals surface area contributed by atoms with E-state index in [4.69, 9.17) is 9.47 Å². The SMILES string of the molecule is CC#Cc1ccc(C2=C(OC(=O)C(C)(C)C)C(CC)CCC2=O)c(OC)c1. The molecular formula is C23H28O4. The fourth-order valence-electron chi connectivity index (χ4n) is 3.08. The van der Waals surface area contributed by atoms with E-state index in [0.29, 0.717) is 35.5 Å². The molecule has 1 aromatic carbocycles. The predicted molar refractivity (Wildman–Crippen MR) is 106 cm³/mol. The molecule has 1 aliphatic rings. The summed E-state index contributed by atoms with van der Waals surface area (Å²) in [5, 5.41) is 0. The standard InChI is InChI=1S/C23H28O4/c1-7-9-15-10-12-17(19(14-15)26-6)20-18(24)13-11-16(8-2)21(20)27-22(25)23(3,4)5/h10,12,14,16H,8,11,13H2,1-6H3. The molecule has 0 fully saturated rings. The van der Waals surface area contributed by atoms with Crippen molar-refractivity contribution >= 4 is 17.3 Å². The zero-order valence-corrected chi connectivity index (χ0v) is 17.1. The Hall–Kier alpha value is -2.54. The smallest absolute Gasteiger partial charge is 0.316 e. The normalized spacial score (nSPS) is 17.3. The molecule has 0 N–H and O–H groups in total. The van der Waals surface area contributed by atoms with Crippen LogP contribution in [-0.2, 0) is 14.3 Å². The van der Waals surface area contributed by atoms with E-state index in [0.717, 1.165) is 12.0 Å². The van der Waals surface area contributed by atoms with E-state index >= 15 is 0 Å². The van der Waals surface area contributed by atoms with Gasteiger partial charge in [-0.05, 0) is 58.7 Å². The molecule has 1 aromatic rings. The quantitative estimate of drug-likeness (QED) is 0.568. The molecule has 1 unspecified atom stereocenters. The Morgan fingerprint density at radius 1 is 1.30 bits per heavy atom. The monoisotopic (exact) mass is 368 g/mol. The Labute approximate surface area is 161 Å². The minimum absolute atomic E-state index is 0.0240. The molecule has 1 aliphatic carbocycles. The van der Waals surface area contributed by atoms with Gasteiger partial charge in [0.15, 0.2) is 5.78 Å². The van der Waals surface area contributed by atoms with Gasteiger partial charge in [-0.3, -0.25) is 9.59 Å². The molecule has 0 amide bonds. The maximum Gasteiger partial charge on any atom is 0.316 e. The van der Waals surface area contributed by atoms with Crippen LogP contribution >= 0.6 is 0 Å². The number of carbonyl (C=O) groups is 2. The summed E-state index contributed by atoms with van der Waals surface area (Å²) in [6, 6.07) is 5.49. The number of benzene rings is 1. The van der Waals surface area contributed by atoms with Crippen molar-refractivity contribution in [1.29, 1.82) is 0 Å². The minimum atomic E-state index is -0.651. The minimum Gasteiger partial charge on any atom is -0.496 e. The van der Waals surface area contributed by atoms with Crippen molar-refractivity contribution in [2.24, 2.45) is 11.3 Å². The molecule has 0 bridgehead atoms. The molecule has 4 nitrogen and oxygen atoms in total. The lowest BCUT2D eigenvalue weighted by Gasteiger charge is -2.29. The largest absolute Gasteiger partial charge is 0.496 e. The molecule has 144 valence electrons. The van der Waals surface area contributed by atoms with Gasteiger partial charge in [-0.15, -0.1) is 5.92 Å². The van der Waals surface area contributed by atoms with E-state index < -0.39 is 5.41 Å². The number of hydrogen-bond acceptors (Lipinski definition) is 4. The van der Waals surface area contributed by atoms with Gasteiger partial charge >= 0.3 is 5.97 Å². The molecule has 0 heterocycles. The van der Waals surface area contributed by atoms with Crippen LogP contribution in [0.15, 0.2) is 24.0 Å². The third kappa shape index (κ3) is 4.60. The lowest BCUT2D eigenvalue weighted by Crippen LogP contribution is -2.28. The Morgan fingerprint density at radius 3 is 2.56 bits per heavy atom. The van der Waals surface area contributed by atoms with Gasteiger partial charge in [0.1, 0.15) is 11.5 Å². The molecular weight excluding hydrogens is 340 g/mol. The van der Waals surface area contributed by atoms with Crippen LogP contribution in [0.5, 0.6) is 5.75 Å². The summed E-state index contributed by atoms with van der Waals surface area (Å²) in [7, 11) is 1.56. The van der Waals surface area contributed by atoms with Gasteiger partial charge in [0, 0.05) is 23.5 Å². The van der Waals surface area contributed by atoms with E-state index in [1.165, 1.54) is 0 Å². The van der Waals surface area contributed by atoms with Crippen LogP contribution in [0.3, 0.4) is 0 Å². The van der Waals surface area contributed by atoms with Crippen LogP contribution in [-0.4, -0.2) is 18.9 Å². The van der Waals surface area contributed by atoms with E-state index in [1.807, 2.05) is 25.1 Å². The Balaban J connectivity index is 2.66. The topological polar surface area (TPSA) is 52.6 Å². The second-order valence-electron chi connectivity index (χ2n) is 7.74. The van der Waals surface area contributed by atoms with E-state index in [-0.39, 0.29) is 17.7 Å². The molecule has 0 radical (unpaired) electrons. The fraction of sp³-hybridized carbons (Fsp3) is 0.478. The summed E-state index contributed by atoms with van der Waals surface area (Å²) in [4.78, 5) is 25.4. The maximum atomic E-state index is 12.8. The number of allylic oxidation sites excluding steroid dienone is 2. The lowest BCUT2D eigenvalue weighted by atomic mass is 9.82. The number of hydrogen-bond donors (Lipinski definition) is 0. The highest BCUT2D eigenvalue weighted by molar-refractivity contribution is 6.23. The van der Waals surface area contributed by atoms with Gasteiger partial charge < -0.3 is 9.47 Å². The Bertz CT molecular complexity index is 828. The molecule has 0 spiro atoms. The van der Waals surface area contributed by atoms with Crippen molar-refractivity contribution in [2.45, 2.75) is 53.9 Å². The maximum absolute atomic E-state index is 12.8. The highest BCUT2D eigenvalue weighted by Gasteiger charge is 2.35. The fourth-order valence-corrected chi connectivity index (χ4v) is 3.08. The molecule has 0 saturated carbocycles. The van der Waals surface area contributed by atoms with Crippen LogP contribution in [0, 0.1) is 23.2 Å². The zero-order valence-electron chi connectivity index (χ0n) is 17.1. The van der Waals surface area contributed by atoms with Gasteiger partial charge in [0.05, 0.1) is 18.1 Å². The van der Waals surface area contributed by atoms with Gasteiger partial charge in [-0.1, -0.05) is 12.8 Å². The van der Waals surface area contributed by atoms with Crippen LogP contribution < -0.4 is 4.74 Å². The summed E-state index contributed by atoms with van der Waals surface area (Å²) >= 11 is 0. The van der Waals surface area contributed by atoms with E-state index in [1.54, 1.807) is 34.8 Å². The number of ether oxygens (including phenoxy) is 2. The third-order valence-electron chi connectivity index (χ3n) is 4.66. The first-order chi connectivity index (χ1) is 12.7. The Morgan fingerprint density at radius 2 is 2.00 bits per heavy atom. The summed E-state index contributed by atoms with van der Waals surface area (Å²) in [5.74, 6) is 6.55. The molecule has 27 heavy (non-hydrogen) atoms. The highest BCUT2D eigenvalue weighted by atomic mass is 16.5. The van der Waals surface area contributed by atoms with Gasteiger partial charge in [0.2, 0.25) is 0 Å². The number of rotatable bonds is 4. The number of esters is 1. The van der Waals surface area contributed by atoms with Crippen molar-refractivity contribution < 1.29 is 19.1 Å². The van der Waals surface area contributed by atoms with E-state index in [2.05, 4.69) is 11.8 Å². The predicted octanol–water partition coefficient (Wildman–Crippen LogP) is 4.76. The first-order valence-corrected chi connectivity index (χ1v) is 9.33. The van der Waals surface area contributed by atoms with Crippen LogP contribution in [0.25, 0.3) is 5.57 Å². The van der Waals surface area contributed by atoms with Gasteiger partial charge in [0.25, 0.3) is 0 Å². The summed E-state index contributed by atoms with van der Waals surface area (Å²) in [5.41, 5.74) is 1.27. The summed E-state index contributed by atoms with van der Waals surface area (Å²) in [6.07, 6.45) is 1.92. The summed E-state index contributed by atoms with van der Waals surface area (Å²) in [6.45, 7) is 9.23.